The van der Waals surface area contributed by atoms with Crippen molar-refractivity contribution in [1.29, 1.82) is 0 Å². The summed E-state index contributed by atoms with van der Waals surface area (Å²) in [6, 6.07) is 6.33. The van der Waals surface area contributed by atoms with Crippen LogP contribution in [0.4, 0.5) is 0 Å². The SMILES string of the molecule is COc1ccc(OC)c(-c2cnc(CCNC3CC3)o2)c1. The van der Waals surface area contributed by atoms with Gasteiger partial charge in [-0.05, 0) is 31.0 Å². The molecule has 5 heteroatoms. The molecular formula is C16H20N2O3. The van der Waals surface area contributed by atoms with Crippen LogP contribution in [-0.2, 0) is 6.42 Å². The largest absolute Gasteiger partial charge is 0.497 e. The van der Waals surface area contributed by atoms with Gasteiger partial charge < -0.3 is 19.2 Å². The molecule has 1 heterocycles. The molecule has 0 saturated heterocycles. The highest BCUT2D eigenvalue weighted by atomic mass is 16.5. The minimum absolute atomic E-state index is 0.701. The van der Waals surface area contributed by atoms with Crippen LogP contribution in [0.5, 0.6) is 11.5 Å². The highest BCUT2D eigenvalue weighted by Crippen LogP contribution is 2.33. The molecule has 0 amide bonds. The van der Waals surface area contributed by atoms with Gasteiger partial charge in [0, 0.05) is 19.0 Å². The molecule has 1 aromatic heterocycles. The number of oxazole rings is 1. The summed E-state index contributed by atoms with van der Waals surface area (Å²) in [7, 11) is 3.28. The Kier molecular flexibility index (Phi) is 4.10. The van der Waals surface area contributed by atoms with E-state index in [1.807, 2.05) is 18.2 Å². The maximum absolute atomic E-state index is 5.83. The predicted molar refractivity (Wildman–Crippen MR) is 79.8 cm³/mol. The zero-order valence-corrected chi connectivity index (χ0v) is 12.4. The number of rotatable bonds is 7. The lowest BCUT2D eigenvalue weighted by Crippen LogP contribution is -2.19. The minimum atomic E-state index is 0.701. The predicted octanol–water partition coefficient (Wildman–Crippen LogP) is 2.65. The van der Waals surface area contributed by atoms with Gasteiger partial charge in [0.25, 0.3) is 0 Å². The van der Waals surface area contributed by atoms with Crippen LogP contribution in [0.3, 0.4) is 0 Å². The Labute approximate surface area is 124 Å². The van der Waals surface area contributed by atoms with Crippen molar-refractivity contribution >= 4 is 0 Å². The quantitative estimate of drug-likeness (QED) is 0.849. The van der Waals surface area contributed by atoms with Crippen LogP contribution in [0.25, 0.3) is 11.3 Å². The van der Waals surface area contributed by atoms with Crippen LogP contribution in [0.15, 0.2) is 28.8 Å². The molecule has 1 aliphatic rings. The molecule has 112 valence electrons. The average Bonchev–Trinajstić information content (AvgIpc) is 3.22. The number of ether oxygens (including phenoxy) is 2. The molecule has 2 aromatic rings. The van der Waals surface area contributed by atoms with E-state index in [9.17, 15) is 0 Å². The maximum Gasteiger partial charge on any atom is 0.196 e. The minimum Gasteiger partial charge on any atom is -0.497 e. The number of benzene rings is 1. The second kappa shape index (κ2) is 6.18. The van der Waals surface area contributed by atoms with E-state index in [0.717, 1.165) is 35.9 Å². The van der Waals surface area contributed by atoms with Gasteiger partial charge in [-0.25, -0.2) is 4.98 Å². The Morgan fingerprint density at radius 3 is 2.86 bits per heavy atom. The van der Waals surface area contributed by atoms with Gasteiger partial charge in [-0.1, -0.05) is 0 Å². The normalized spacial score (nSPS) is 14.2. The summed E-state index contributed by atoms with van der Waals surface area (Å²) in [6.45, 7) is 0.903. The van der Waals surface area contributed by atoms with Crippen LogP contribution in [0, 0.1) is 0 Å². The van der Waals surface area contributed by atoms with E-state index in [1.54, 1.807) is 20.4 Å². The topological polar surface area (TPSA) is 56.5 Å². The van der Waals surface area contributed by atoms with Gasteiger partial charge in [0.05, 0.1) is 26.0 Å². The number of methoxy groups -OCH3 is 2. The molecule has 5 nitrogen and oxygen atoms in total. The fourth-order valence-electron chi connectivity index (χ4n) is 2.23. The lowest BCUT2D eigenvalue weighted by atomic mass is 10.1. The van der Waals surface area contributed by atoms with Gasteiger partial charge >= 0.3 is 0 Å². The molecule has 0 atom stereocenters. The Bertz CT molecular complexity index is 605. The Balaban J connectivity index is 1.74. The van der Waals surface area contributed by atoms with Gasteiger partial charge in [-0.15, -0.1) is 0 Å². The molecule has 0 aliphatic heterocycles. The third kappa shape index (κ3) is 3.36. The summed E-state index contributed by atoms with van der Waals surface area (Å²) in [5.74, 6) is 2.95. The molecule has 0 spiro atoms. The van der Waals surface area contributed by atoms with Crippen molar-refractivity contribution in [1.82, 2.24) is 10.3 Å². The molecule has 0 bridgehead atoms. The molecule has 1 fully saturated rings. The van der Waals surface area contributed by atoms with E-state index in [-0.39, 0.29) is 0 Å². The van der Waals surface area contributed by atoms with Crippen molar-refractivity contribution in [3.63, 3.8) is 0 Å². The number of nitrogens with zero attached hydrogens (tertiary/aromatic N) is 1. The maximum atomic E-state index is 5.83. The first-order valence-corrected chi connectivity index (χ1v) is 7.20. The Hall–Kier alpha value is -2.01. The van der Waals surface area contributed by atoms with E-state index < -0.39 is 0 Å². The lowest BCUT2D eigenvalue weighted by molar-refractivity contribution is 0.402. The molecule has 21 heavy (non-hydrogen) atoms. The molecule has 3 rings (SSSR count). The first-order chi connectivity index (χ1) is 10.3. The summed E-state index contributed by atoms with van der Waals surface area (Å²) in [6.07, 6.45) is 5.11. The molecule has 0 unspecified atom stereocenters. The van der Waals surface area contributed by atoms with Gasteiger partial charge in [-0.3, -0.25) is 0 Å². The average molecular weight is 288 g/mol. The van der Waals surface area contributed by atoms with E-state index in [0.29, 0.717) is 11.8 Å². The highest BCUT2D eigenvalue weighted by molar-refractivity contribution is 5.67. The van der Waals surface area contributed by atoms with Crippen molar-refractivity contribution < 1.29 is 13.9 Å². The first-order valence-electron chi connectivity index (χ1n) is 7.20. The van der Waals surface area contributed by atoms with E-state index >= 15 is 0 Å². The highest BCUT2D eigenvalue weighted by Gasteiger charge is 2.20. The third-order valence-corrected chi connectivity index (χ3v) is 3.57. The molecule has 0 radical (unpaired) electrons. The van der Waals surface area contributed by atoms with Crippen LogP contribution in [0.1, 0.15) is 18.7 Å². The summed E-state index contributed by atoms with van der Waals surface area (Å²) in [4.78, 5) is 4.34. The second-order valence-corrected chi connectivity index (χ2v) is 5.16. The summed E-state index contributed by atoms with van der Waals surface area (Å²) < 4.78 is 16.5. The summed E-state index contributed by atoms with van der Waals surface area (Å²) in [5, 5.41) is 3.45. The Morgan fingerprint density at radius 1 is 1.29 bits per heavy atom. The van der Waals surface area contributed by atoms with Crippen molar-refractivity contribution in [2.45, 2.75) is 25.3 Å². The number of hydrogen-bond acceptors (Lipinski definition) is 5. The zero-order chi connectivity index (χ0) is 14.7. The Morgan fingerprint density at radius 2 is 2.14 bits per heavy atom. The monoisotopic (exact) mass is 288 g/mol. The number of aromatic nitrogens is 1. The fourth-order valence-corrected chi connectivity index (χ4v) is 2.23. The van der Waals surface area contributed by atoms with Crippen molar-refractivity contribution in [2.24, 2.45) is 0 Å². The van der Waals surface area contributed by atoms with Crippen molar-refractivity contribution in [3.8, 4) is 22.8 Å². The van der Waals surface area contributed by atoms with Crippen LogP contribution < -0.4 is 14.8 Å². The van der Waals surface area contributed by atoms with Crippen LogP contribution in [-0.4, -0.2) is 31.8 Å². The van der Waals surface area contributed by atoms with Crippen molar-refractivity contribution in [2.75, 3.05) is 20.8 Å². The fraction of sp³-hybridized carbons (Fsp3) is 0.438. The van der Waals surface area contributed by atoms with Gasteiger partial charge in [0.2, 0.25) is 0 Å². The van der Waals surface area contributed by atoms with Gasteiger partial charge in [0.15, 0.2) is 11.7 Å². The molecular weight excluding hydrogens is 268 g/mol. The number of hydrogen-bond donors (Lipinski definition) is 1. The van der Waals surface area contributed by atoms with Gasteiger partial charge in [0.1, 0.15) is 11.5 Å². The van der Waals surface area contributed by atoms with E-state index in [2.05, 4.69) is 10.3 Å². The standard InChI is InChI=1S/C16H20N2O3/c1-19-12-5-6-14(20-2)13(9-12)15-10-18-16(21-15)7-8-17-11-3-4-11/h5-6,9-11,17H,3-4,7-8H2,1-2H3. The van der Waals surface area contributed by atoms with Crippen LogP contribution >= 0.6 is 0 Å². The third-order valence-electron chi connectivity index (χ3n) is 3.57. The smallest absolute Gasteiger partial charge is 0.196 e. The van der Waals surface area contributed by atoms with Crippen molar-refractivity contribution in [3.05, 3.63) is 30.3 Å². The van der Waals surface area contributed by atoms with Gasteiger partial charge in [-0.2, -0.15) is 0 Å². The lowest BCUT2D eigenvalue weighted by Gasteiger charge is -2.08. The van der Waals surface area contributed by atoms with E-state index in [4.69, 9.17) is 13.9 Å². The second-order valence-electron chi connectivity index (χ2n) is 5.16. The molecule has 1 aliphatic carbocycles. The zero-order valence-electron chi connectivity index (χ0n) is 12.4. The van der Waals surface area contributed by atoms with E-state index in [1.165, 1.54) is 12.8 Å². The molecule has 1 saturated carbocycles. The number of nitrogens with one attached hydrogen (secondary N) is 1. The molecule has 1 N–H and O–H groups in total. The first kappa shape index (κ1) is 13.9. The summed E-state index contributed by atoms with van der Waals surface area (Å²) in [5.41, 5.74) is 0.853. The summed E-state index contributed by atoms with van der Waals surface area (Å²) >= 11 is 0. The molecule has 1 aromatic carbocycles. The van der Waals surface area contributed by atoms with Crippen LogP contribution in [0.2, 0.25) is 0 Å².